The summed E-state index contributed by atoms with van der Waals surface area (Å²) in [4.78, 5) is 0. The van der Waals surface area contributed by atoms with Crippen molar-refractivity contribution in [3.05, 3.63) is 0 Å². The van der Waals surface area contributed by atoms with E-state index in [1.165, 1.54) is 38.5 Å². The van der Waals surface area contributed by atoms with Crippen LogP contribution in [0.5, 0.6) is 0 Å². The summed E-state index contributed by atoms with van der Waals surface area (Å²) < 4.78 is 31.1. The largest absolute Gasteiger partial charge is 0.376 e. The number of rotatable bonds is 4. The third-order valence-electron chi connectivity index (χ3n) is 6.61. The van der Waals surface area contributed by atoms with E-state index in [0.717, 1.165) is 25.7 Å². The van der Waals surface area contributed by atoms with E-state index in [2.05, 4.69) is 0 Å². The average molecular weight is 354 g/mol. The highest BCUT2D eigenvalue weighted by molar-refractivity contribution is 5.01. The first-order valence-electron chi connectivity index (χ1n) is 10.4. The molecule has 144 valence electrons. The third-order valence-corrected chi connectivity index (χ3v) is 6.61. The van der Waals surface area contributed by atoms with Gasteiger partial charge in [-0.05, 0) is 25.7 Å². The van der Waals surface area contributed by atoms with Crippen LogP contribution in [0.1, 0.15) is 64.2 Å². The minimum absolute atomic E-state index is 0.0601. The van der Waals surface area contributed by atoms with Gasteiger partial charge in [0.2, 0.25) is 0 Å². The predicted octanol–water partition coefficient (Wildman–Crippen LogP) is 3.24. The maximum atomic E-state index is 7.18. The monoisotopic (exact) mass is 354 g/mol. The van der Waals surface area contributed by atoms with E-state index in [4.69, 9.17) is 23.7 Å². The fourth-order valence-electron chi connectivity index (χ4n) is 5.27. The molecule has 2 saturated heterocycles. The lowest BCUT2D eigenvalue weighted by molar-refractivity contribution is -0.292. The topological polar surface area (TPSA) is 46.2 Å². The van der Waals surface area contributed by atoms with Gasteiger partial charge in [0.05, 0.1) is 50.8 Å². The van der Waals surface area contributed by atoms with Crippen molar-refractivity contribution >= 4 is 0 Å². The molecule has 4 aliphatic rings. The molecule has 0 aromatic heterocycles. The maximum absolute atomic E-state index is 7.18. The molecular formula is C20H34O5. The Morgan fingerprint density at radius 3 is 1.36 bits per heavy atom. The second kappa shape index (κ2) is 8.22. The molecule has 0 aromatic carbocycles. The summed E-state index contributed by atoms with van der Waals surface area (Å²) >= 11 is 0. The van der Waals surface area contributed by atoms with Gasteiger partial charge in [0.1, 0.15) is 12.2 Å². The number of hydrogen-bond acceptors (Lipinski definition) is 5. The number of ether oxygens (including phenoxy) is 5. The van der Waals surface area contributed by atoms with Crippen LogP contribution in [-0.4, -0.2) is 63.1 Å². The van der Waals surface area contributed by atoms with Crippen molar-refractivity contribution < 1.29 is 23.7 Å². The van der Waals surface area contributed by atoms with E-state index in [9.17, 15) is 0 Å². The summed E-state index contributed by atoms with van der Waals surface area (Å²) in [6.07, 6.45) is 11.9. The lowest BCUT2D eigenvalue weighted by Gasteiger charge is -2.53. The first kappa shape index (κ1) is 18.2. The molecule has 5 nitrogen and oxygen atoms in total. The van der Waals surface area contributed by atoms with E-state index in [1.807, 2.05) is 0 Å². The molecule has 0 N–H and O–H groups in total. The summed E-state index contributed by atoms with van der Waals surface area (Å²) in [5.74, 6) is 0. The van der Waals surface area contributed by atoms with Crippen LogP contribution in [0.15, 0.2) is 0 Å². The lowest BCUT2D eigenvalue weighted by atomic mass is 9.76. The van der Waals surface area contributed by atoms with Gasteiger partial charge in [-0.15, -0.1) is 0 Å². The van der Waals surface area contributed by atoms with E-state index in [-0.39, 0.29) is 23.4 Å². The third kappa shape index (κ3) is 3.91. The quantitative estimate of drug-likeness (QED) is 0.776. The van der Waals surface area contributed by atoms with Gasteiger partial charge < -0.3 is 23.7 Å². The average Bonchev–Trinajstić information content (AvgIpc) is 2.71. The molecule has 2 saturated carbocycles. The molecule has 2 unspecified atom stereocenters. The van der Waals surface area contributed by atoms with Crippen LogP contribution in [0.25, 0.3) is 0 Å². The molecule has 2 aliphatic heterocycles. The summed E-state index contributed by atoms with van der Waals surface area (Å²) in [5, 5.41) is 0. The van der Waals surface area contributed by atoms with E-state index in [1.54, 1.807) is 0 Å². The van der Waals surface area contributed by atoms with Crippen molar-refractivity contribution in [1.82, 2.24) is 0 Å². The van der Waals surface area contributed by atoms with Crippen molar-refractivity contribution in [2.24, 2.45) is 0 Å². The first-order valence-corrected chi connectivity index (χ1v) is 10.4. The number of hydrogen-bond donors (Lipinski definition) is 0. The first-order chi connectivity index (χ1) is 12.3. The van der Waals surface area contributed by atoms with Gasteiger partial charge in [0.25, 0.3) is 0 Å². The fourth-order valence-corrected chi connectivity index (χ4v) is 5.27. The highest BCUT2D eigenvalue weighted by Gasteiger charge is 2.52. The van der Waals surface area contributed by atoms with Crippen LogP contribution in [0.2, 0.25) is 0 Å². The zero-order valence-electron chi connectivity index (χ0n) is 15.5. The Labute approximate surface area is 151 Å². The molecule has 0 radical (unpaired) electrons. The van der Waals surface area contributed by atoms with Crippen LogP contribution < -0.4 is 0 Å². The van der Waals surface area contributed by atoms with Gasteiger partial charge >= 0.3 is 0 Å². The Morgan fingerprint density at radius 1 is 0.560 bits per heavy atom. The molecule has 2 atom stereocenters. The Balaban J connectivity index is 1.58. The van der Waals surface area contributed by atoms with Gasteiger partial charge in [0.15, 0.2) is 0 Å². The van der Waals surface area contributed by atoms with E-state index in [0.29, 0.717) is 39.6 Å². The molecule has 0 aromatic rings. The second-order valence-corrected chi connectivity index (χ2v) is 8.22. The van der Waals surface area contributed by atoms with Crippen molar-refractivity contribution in [3.63, 3.8) is 0 Å². The Morgan fingerprint density at radius 2 is 1.00 bits per heavy atom. The maximum Gasteiger partial charge on any atom is 0.110 e. The summed E-state index contributed by atoms with van der Waals surface area (Å²) in [5.41, 5.74) is -0.423. The fraction of sp³-hybridized carbons (Fsp3) is 1.00. The van der Waals surface area contributed by atoms with Gasteiger partial charge in [0, 0.05) is 0 Å². The van der Waals surface area contributed by atoms with Crippen molar-refractivity contribution in [2.45, 2.75) is 87.6 Å². The molecule has 5 heteroatoms. The van der Waals surface area contributed by atoms with Crippen LogP contribution in [0.3, 0.4) is 0 Å². The van der Waals surface area contributed by atoms with Crippen LogP contribution in [0, 0.1) is 0 Å². The van der Waals surface area contributed by atoms with Gasteiger partial charge in [-0.25, -0.2) is 0 Å². The molecular weight excluding hydrogens is 320 g/mol. The smallest absolute Gasteiger partial charge is 0.110 e. The summed E-state index contributed by atoms with van der Waals surface area (Å²) in [6, 6.07) is 0. The lowest BCUT2D eigenvalue weighted by Crippen LogP contribution is -2.61. The van der Waals surface area contributed by atoms with Crippen LogP contribution in [0.4, 0.5) is 0 Å². The molecule has 2 heterocycles. The second-order valence-electron chi connectivity index (χ2n) is 8.22. The summed E-state index contributed by atoms with van der Waals surface area (Å²) in [6.45, 7) is 4.11. The van der Waals surface area contributed by atoms with E-state index >= 15 is 0 Å². The summed E-state index contributed by atoms with van der Waals surface area (Å²) in [7, 11) is 0. The normalized spacial score (nSPS) is 36.0. The molecule has 4 rings (SSSR count). The highest BCUT2D eigenvalue weighted by Crippen LogP contribution is 2.46. The van der Waals surface area contributed by atoms with E-state index < -0.39 is 0 Å². The molecule has 0 amide bonds. The zero-order chi connectivity index (χ0) is 17.0. The van der Waals surface area contributed by atoms with Crippen LogP contribution in [-0.2, 0) is 23.7 Å². The highest BCUT2D eigenvalue weighted by atomic mass is 16.6. The molecule has 0 spiro atoms. The van der Waals surface area contributed by atoms with Crippen molar-refractivity contribution in [1.29, 1.82) is 0 Å². The standard InChI is InChI=1S/C20H34O5/c1-3-7-19(8-4-1,17-15-21-11-13-23-17)25-20(9-5-2-6-10-20)18-16-22-12-14-24-18/h17-18H,1-16H2. The molecule has 2 aliphatic carbocycles. The minimum atomic E-state index is -0.211. The van der Waals surface area contributed by atoms with Crippen molar-refractivity contribution in [3.8, 4) is 0 Å². The SMILES string of the molecule is C1CCC(OC2(C3COCCO3)CCCCC2)(C2COCCO2)CC1. The zero-order valence-corrected chi connectivity index (χ0v) is 15.5. The molecule has 4 fully saturated rings. The van der Waals surface area contributed by atoms with Crippen LogP contribution >= 0.6 is 0 Å². The van der Waals surface area contributed by atoms with Crippen molar-refractivity contribution in [2.75, 3.05) is 39.6 Å². The minimum Gasteiger partial charge on any atom is -0.376 e. The Kier molecular flexibility index (Phi) is 5.98. The molecule has 0 bridgehead atoms. The van der Waals surface area contributed by atoms with Gasteiger partial charge in [-0.2, -0.15) is 0 Å². The predicted molar refractivity (Wildman–Crippen MR) is 93.8 cm³/mol. The van der Waals surface area contributed by atoms with Gasteiger partial charge in [-0.1, -0.05) is 38.5 Å². The Bertz CT molecular complexity index is 364. The van der Waals surface area contributed by atoms with Gasteiger partial charge in [-0.3, -0.25) is 0 Å². The Hall–Kier alpha value is -0.200. The molecule has 25 heavy (non-hydrogen) atoms.